The number of hydrogen-bond donors (Lipinski definition) is 0. The van der Waals surface area contributed by atoms with Gasteiger partial charge in [-0.3, -0.25) is 14.3 Å². The number of pyridine rings is 1. The molecule has 2 aliphatic rings. The fraction of sp³-hybridized carbons (Fsp3) is 0.524. The number of tetrazole rings is 1. The average Bonchev–Trinajstić information content (AvgIpc) is 3.14. The summed E-state index contributed by atoms with van der Waals surface area (Å²) in [5.41, 5.74) is 0.332. The summed E-state index contributed by atoms with van der Waals surface area (Å²) in [7, 11) is 3.62. The van der Waals surface area contributed by atoms with E-state index in [0.717, 1.165) is 25.2 Å². The molecule has 0 amide bonds. The number of aromatic nitrogens is 7. The van der Waals surface area contributed by atoms with Crippen LogP contribution in [-0.2, 0) is 18.3 Å². The summed E-state index contributed by atoms with van der Waals surface area (Å²) in [5.74, 6) is 1.58. The Morgan fingerprint density at radius 1 is 1.30 bits per heavy atom. The van der Waals surface area contributed by atoms with Gasteiger partial charge in [0.25, 0.3) is 5.56 Å². The van der Waals surface area contributed by atoms with Crippen LogP contribution < -0.4 is 15.4 Å². The molecule has 0 spiro atoms. The molecular weight excluding hydrogens is 429 g/mol. The topological polar surface area (TPSA) is 107 Å². The predicted octanol–water partition coefficient (Wildman–Crippen LogP) is 0.575. The van der Waals surface area contributed by atoms with E-state index in [1.165, 1.54) is 22.9 Å². The molecule has 174 valence electrons. The van der Waals surface area contributed by atoms with Gasteiger partial charge < -0.3 is 14.5 Å². The van der Waals surface area contributed by atoms with Gasteiger partial charge in [-0.05, 0) is 23.4 Å². The molecule has 0 unspecified atom stereocenters. The van der Waals surface area contributed by atoms with Crippen molar-refractivity contribution in [1.29, 1.82) is 0 Å². The summed E-state index contributed by atoms with van der Waals surface area (Å²) in [5, 5.41) is 12.1. The smallest absolute Gasteiger partial charge is 0.255 e. The van der Waals surface area contributed by atoms with Crippen LogP contribution in [0.2, 0.25) is 0 Å². The minimum Gasteiger partial charge on any atom is -0.380 e. The van der Waals surface area contributed by atoms with Crippen LogP contribution in [0.3, 0.4) is 0 Å². The fourth-order valence-electron chi connectivity index (χ4n) is 4.80. The molecule has 0 aromatic carbocycles. The summed E-state index contributed by atoms with van der Waals surface area (Å²) in [6, 6.07) is 3.12. The Balaban J connectivity index is 1.32. The number of nitrogens with zero attached hydrogens (tertiary/aromatic N) is 9. The average molecular weight is 455 g/mol. The van der Waals surface area contributed by atoms with Crippen molar-refractivity contribution in [3.05, 3.63) is 40.7 Å². The lowest BCUT2D eigenvalue weighted by molar-refractivity contribution is 0.136. The van der Waals surface area contributed by atoms with Crippen molar-refractivity contribution in [3.63, 3.8) is 0 Å². The van der Waals surface area contributed by atoms with E-state index in [1.807, 2.05) is 18.9 Å². The summed E-state index contributed by atoms with van der Waals surface area (Å²) in [6.07, 6.45) is 2.61. The van der Waals surface area contributed by atoms with Gasteiger partial charge in [-0.2, -0.15) is 0 Å². The number of halogens is 1. The van der Waals surface area contributed by atoms with Crippen LogP contribution in [0.15, 0.2) is 29.3 Å². The van der Waals surface area contributed by atoms with Crippen LogP contribution in [0.5, 0.6) is 0 Å². The highest BCUT2D eigenvalue weighted by Gasteiger charge is 2.59. The maximum absolute atomic E-state index is 14.3. The molecule has 1 aliphatic heterocycles. The maximum atomic E-state index is 14.3. The highest BCUT2D eigenvalue weighted by Crippen LogP contribution is 2.50. The molecule has 3 aromatic heterocycles. The van der Waals surface area contributed by atoms with Crippen molar-refractivity contribution < 1.29 is 9.13 Å². The van der Waals surface area contributed by atoms with Gasteiger partial charge in [0.1, 0.15) is 0 Å². The summed E-state index contributed by atoms with van der Waals surface area (Å²) < 4.78 is 22.9. The predicted molar refractivity (Wildman–Crippen MR) is 118 cm³/mol. The zero-order chi connectivity index (χ0) is 23.1. The van der Waals surface area contributed by atoms with E-state index in [0.29, 0.717) is 43.2 Å². The molecule has 4 heterocycles. The van der Waals surface area contributed by atoms with E-state index in [9.17, 15) is 9.18 Å². The second-order valence-corrected chi connectivity index (χ2v) is 8.43. The first-order valence-corrected chi connectivity index (χ1v) is 11.0. The monoisotopic (exact) mass is 455 g/mol. The number of ether oxygens (including phenoxy) is 1. The molecule has 1 aliphatic carbocycles. The third kappa shape index (κ3) is 3.84. The van der Waals surface area contributed by atoms with Crippen molar-refractivity contribution >= 4 is 11.9 Å². The molecule has 0 N–H and O–H groups in total. The van der Waals surface area contributed by atoms with Gasteiger partial charge in [-0.15, -0.1) is 0 Å². The van der Waals surface area contributed by atoms with Crippen LogP contribution in [0, 0.1) is 17.7 Å². The number of anilines is 2. The highest BCUT2D eigenvalue weighted by atomic mass is 19.1. The van der Waals surface area contributed by atoms with E-state index < -0.39 is 5.82 Å². The van der Waals surface area contributed by atoms with Gasteiger partial charge in [0.15, 0.2) is 5.82 Å². The normalized spacial score (nSPS) is 21.3. The lowest BCUT2D eigenvalue weighted by Crippen LogP contribution is -2.37. The molecule has 0 radical (unpaired) electrons. The van der Waals surface area contributed by atoms with Gasteiger partial charge in [0, 0.05) is 69.5 Å². The van der Waals surface area contributed by atoms with E-state index in [1.54, 1.807) is 11.7 Å². The van der Waals surface area contributed by atoms with Crippen LogP contribution in [0.1, 0.15) is 6.92 Å². The van der Waals surface area contributed by atoms with Gasteiger partial charge in [-0.25, -0.2) is 14.1 Å². The first kappa shape index (κ1) is 21.4. The highest BCUT2D eigenvalue weighted by molar-refractivity contribution is 5.60. The van der Waals surface area contributed by atoms with E-state index in [-0.39, 0.29) is 17.2 Å². The lowest BCUT2D eigenvalue weighted by atomic mass is 10.2. The number of rotatable bonds is 8. The SMILES string of the molecule is CCOCCn1nnnc1N1C[C@@H]2[C@H](C1)[C@@H]2N(C)c1nc(-c2ccncc2F)cc(=O)n1C. The minimum absolute atomic E-state index is 0.237. The lowest BCUT2D eigenvalue weighted by Gasteiger charge is -2.26. The second kappa shape index (κ2) is 8.50. The van der Waals surface area contributed by atoms with E-state index in [2.05, 4.69) is 30.4 Å². The molecule has 2 fully saturated rings. The minimum atomic E-state index is -0.507. The van der Waals surface area contributed by atoms with Crippen LogP contribution >= 0.6 is 0 Å². The van der Waals surface area contributed by atoms with E-state index in [4.69, 9.17) is 4.74 Å². The fourth-order valence-corrected chi connectivity index (χ4v) is 4.80. The Morgan fingerprint density at radius 2 is 2.09 bits per heavy atom. The third-order valence-electron chi connectivity index (χ3n) is 6.52. The largest absolute Gasteiger partial charge is 0.380 e. The van der Waals surface area contributed by atoms with Crippen molar-refractivity contribution in [2.45, 2.75) is 19.5 Å². The quantitative estimate of drug-likeness (QED) is 0.451. The zero-order valence-electron chi connectivity index (χ0n) is 18.8. The standard InChI is InChI=1S/C21H26FN9O2/c1-4-33-8-7-31-21(25-26-27-31)30-11-14-15(12-30)19(14)29(3)20-24-17(9-18(32)28(20)2)13-5-6-23-10-16(13)22/h5-6,9-10,14-15,19H,4,7-8,11-12H2,1-3H3/t14-,15+,19-. The number of piperidine rings is 1. The Kier molecular flexibility index (Phi) is 5.52. The molecule has 3 atom stereocenters. The molecule has 1 saturated carbocycles. The van der Waals surface area contributed by atoms with Crippen LogP contribution in [0.25, 0.3) is 11.3 Å². The van der Waals surface area contributed by atoms with E-state index >= 15 is 0 Å². The second-order valence-electron chi connectivity index (χ2n) is 8.43. The number of hydrogen-bond acceptors (Lipinski definition) is 9. The Hall–Kier alpha value is -3.41. The summed E-state index contributed by atoms with van der Waals surface area (Å²) >= 11 is 0. The van der Waals surface area contributed by atoms with Crippen molar-refractivity contribution in [2.24, 2.45) is 18.9 Å². The molecule has 12 heteroatoms. The molecule has 5 rings (SSSR count). The summed E-state index contributed by atoms with van der Waals surface area (Å²) in [4.78, 5) is 25.2. The zero-order valence-corrected chi connectivity index (χ0v) is 18.8. The molecule has 1 saturated heterocycles. The Bertz CT molecular complexity index is 1200. The van der Waals surface area contributed by atoms with Gasteiger partial charge in [0.2, 0.25) is 11.9 Å². The Morgan fingerprint density at radius 3 is 2.82 bits per heavy atom. The number of fused-ring (bicyclic) bond motifs is 1. The molecular formula is C21H26FN9O2. The molecule has 33 heavy (non-hydrogen) atoms. The molecule has 11 nitrogen and oxygen atoms in total. The van der Waals surface area contributed by atoms with Crippen LogP contribution in [-0.4, -0.2) is 74.1 Å². The van der Waals surface area contributed by atoms with Crippen molar-refractivity contribution in [1.82, 2.24) is 34.7 Å². The van der Waals surface area contributed by atoms with Crippen molar-refractivity contribution in [3.8, 4) is 11.3 Å². The first-order chi connectivity index (χ1) is 16.0. The van der Waals surface area contributed by atoms with Gasteiger partial charge in [-0.1, -0.05) is 5.10 Å². The molecule has 3 aromatic rings. The summed E-state index contributed by atoms with van der Waals surface area (Å²) in [6.45, 7) is 5.43. The van der Waals surface area contributed by atoms with Crippen molar-refractivity contribution in [2.75, 3.05) is 43.2 Å². The first-order valence-electron chi connectivity index (χ1n) is 11.0. The van der Waals surface area contributed by atoms with Crippen LogP contribution in [0.4, 0.5) is 16.3 Å². The maximum Gasteiger partial charge on any atom is 0.255 e. The third-order valence-corrected chi connectivity index (χ3v) is 6.52. The van der Waals surface area contributed by atoms with Gasteiger partial charge >= 0.3 is 0 Å². The Labute approximate surface area is 189 Å². The molecule has 0 bridgehead atoms. The van der Waals surface area contributed by atoms with Gasteiger partial charge in [0.05, 0.1) is 25.0 Å².